The number of methoxy groups -OCH3 is 1. The maximum absolute atomic E-state index is 5.79. The molecule has 2 aliphatic heterocycles. The normalized spacial score (nSPS) is 17.8. The second-order valence-electron chi connectivity index (χ2n) is 9.95. The lowest BCUT2D eigenvalue weighted by Gasteiger charge is -2.40. The molecule has 3 aromatic rings. The van der Waals surface area contributed by atoms with Crippen molar-refractivity contribution in [2.24, 2.45) is 0 Å². The Hall–Kier alpha value is -2.80. The van der Waals surface area contributed by atoms with Gasteiger partial charge in [-0.15, -0.1) is 5.10 Å². The molecule has 0 amide bonds. The molecule has 4 heterocycles. The Bertz CT molecular complexity index is 1190. The van der Waals surface area contributed by atoms with Crippen molar-refractivity contribution < 1.29 is 9.47 Å². The quantitative estimate of drug-likeness (QED) is 0.486. The van der Waals surface area contributed by atoms with Crippen LogP contribution in [0, 0.1) is 20.8 Å². The van der Waals surface area contributed by atoms with Crippen molar-refractivity contribution in [3.8, 4) is 17.2 Å². The van der Waals surface area contributed by atoms with Crippen molar-refractivity contribution >= 4 is 16.6 Å². The molecule has 0 radical (unpaired) electrons. The van der Waals surface area contributed by atoms with Crippen LogP contribution in [0.25, 0.3) is 16.5 Å². The molecule has 188 valence electrons. The fourth-order valence-corrected chi connectivity index (χ4v) is 6.18. The number of benzene rings is 1. The number of aryl methyl sites for hydroxylation is 3. The van der Waals surface area contributed by atoms with Crippen LogP contribution >= 0.6 is 0 Å². The van der Waals surface area contributed by atoms with Crippen molar-refractivity contribution in [1.82, 2.24) is 19.7 Å². The third-order valence-electron chi connectivity index (χ3n) is 7.90. The highest BCUT2D eigenvalue weighted by Gasteiger charge is 2.29. The van der Waals surface area contributed by atoms with E-state index in [1.54, 1.807) is 7.11 Å². The predicted octanol–water partition coefficient (Wildman–Crippen LogP) is 5.21. The third kappa shape index (κ3) is 4.35. The van der Waals surface area contributed by atoms with Crippen molar-refractivity contribution in [2.45, 2.75) is 65.8 Å². The largest absolute Gasteiger partial charge is 0.494 e. The van der Waals surface area contributed by atoms with Crippen molar-refractivity contribution in [1.29, 1.82) is 0 Å². The van der Waals surface area contributed by atoms with Gasteiger partial charge in [0.25, 0.3) is 0 Å². The Labute approximate surface area is 209 Å². The molecule has 2 fully saturated rings. The van der Waals surface area contributed by atoms with Gasteiger partial charge in [0.15, 0.2) is 5.82 Å². The van der Waals surface area contributed by atoms with Gasteiger partial charge < -0.3 is 23.8 Å². The maximum atomic E-state index is 5.79. The molecule has 2 aromatic heterocycles. The molecule has 2 aliphatic rings. The number of aromatic nitrogens is 3. The lowest BCUT2D eigenvalue weighted by atomic mass is 9.99. The van der Waals surface area contributed by atoms with Crippen LogP contribution in [-0.4, -0.2) is 65.6 Å². The van der Waals surface area contributed by atoms with Gasteiger partial charge in [0.1, 0.15) is 11.5 Å². The minimum absolute atomic E-state index is 0.627. The Balaban J connectivity index is 1.52. The molecule has 1 aromatic carbocycles. The summed E-state index contributed by atoms with van der Waals surface area (Å²) in [5.41, 5.74) is 4.32. The SMILES string of the molecule is CCOc1ccc(-n2c(C)c3c(C)nnc(N4CCC(N5CCCCC5)CC4)c3c2C)c(OC)c1. The van der Waals surface area contributed by atoms with E-state index in [2.05, 4.69) is 46.3 Å². The number of fused-ring (bicyclic) bond motifs is 1. The molecule has 0 N–H and O–H groups in total. The molecule has 7 heteroatoms. The molecule has 0 aliphatic carbocycles. The highest BCUT2D eigenvalue weighted by Crippen LogP contribution is 2.39. The highest BCUT2D eigenvalue weighted by molar-refractivity contribution is 5.99. The standard InChI is InChI=1S/C28H39N5O2/c1-6-35-23-10-11-24(25(18-23)34-5)33-20(3)26-19(2)29-30-28(27(26)21(33)4)32-16-12-22(13-17-32)31-14-8-7-9-15-31/h10-11,18,22H,6-9,12-17H2,1-5H3. The number of rotatable bonds is 6. The molecule has 0 saturated carbocycles. The molecule has 0 bridgehead atoms. The van der Waals surface area contributed by atoms with Crippen molar-refractivity contribution in [3.05, 3.63) is 35.3 Å². The second kappa shape index (κ2) is 10.1. The van der Waals surface area contributed by atoms with E-state index in [0.29, 0.717) is 12.6 Å². The van der Waals surface area contributed by atoms with Gasteiger partial charge in [0.05, 0.1) is 25.1 Å². The summed E-state index contributed by atoms with van der Waals surface area (Å²) in [5.74, 6) is 2.63. The monoisotopic (exact) mass is 477 g/mol. The summed E-state index contributed by atoms with van der Waals surface area (Å²) < 4.78 is 13.8. The number of nitrogens with zero attached hydrogens (tertiary/aromatic N) is 5. The van der Waals surface area contributed by atoms with E-state index in [0.717, 1.165) is 47.5 Å². The Morgan fingerprint density at radius 2 is 1.63 bits per heavy atom. The van der Waals surface area contributed by atoms with Gasteiger partial charge in [0.2, 0.25) is 0 Å². The van der Waals surface area contributed by atoms with E-state index in [4.69, 9.17) is 14.6 Å². The molecule has 5 rings (SSSR count). The van der Waals surface area contributed by atoms with E-state index < -0.39 is 0 Å². The van der Waals surface area contributed by atoms with Crippen LogP contribution < -0.4 is 14.4 Å². The average molecular weight is 478 g/mol. The zero-order valence-corrected chi connectivity index (χ0v) is 21.9. The number of hydrogen-bond donors (Lipinski definition) is 0. The summed E-state index contributed by atoms with van der Waals surface area (Å²) in [7, 11) is 1.72. The lowest BCUT2D eigenvalue weighted by Crippen LogP contribution is -2.47. The zero-order valence-electron chi connectivity index (χ0n) is 21.9. The predicted molar refractivity (Wildman–Crippen MR) is 141 cm³/mol. The van der Waals surface area contributed by atoms with Gasteiger partial charge in [-0.3, -0.25) is 0 Å². The van der Waals surface area contributed by atoms with Crippen LogP contribution in [0.5, 0.6) is 11.5 Å². The molecule has 2 saturated heterocycles. The number of ether oxygens (including phenoxy) is 2. The van der Waals surface area contributed by atoms with E-state index in [9.17, 15) is 0 Å². The minimum Gasteiger partial charge on any atom is -0.494 e. The summed E-state index contributed by atoms with van der Waals surface area (Å²) in [4.78, 5) is 5.18. The second-order valence-corrected chi connectivity index (χ2v) is 9.95. The van der Waals surface area contributed by atoms with E-state index in [1.807, 2.05) is 19.1 Å². The first kappa shape index (κ1) is 23.9. The Morgan fingerprint density at radius 1 is 0.914 bits per heavy atom. The van der Waals surface area contributed by atoms with Crippen LogP contribution in [0.3, 0.4) is 0 Å². The first-order valence-corrected chi connectivity index (χ1v) is 13.2. The average Bonchev–Trinajstić information content (AvgIpc) is 3.16. The lowest BCUT2D eigenvalue weighted by molar-refractivity contribution is 0.141. The first-order valence-electron chi connectivity index (χ1n) is 13.2. The van der Waals surface area contributed by atoms with Crippen LogP contribution in [0.2, 0.25) is 0 Å². The smallest absolute Gasteiger partial charge is 0.161 e. The van der Waals surface area contributed by atoms with Gasteiger partial charge in [-0.1, -0.05) is 6.42 Å². The van der Waals surface area contributed by atoms with Gasteiger partial charge in [-0.25, -0.2) is 0 Å². The van der Waals surface area contributed by atoms with Gasteiger partial charge in [-0.2, -0.15) is 5.10 Å². The minimum atomic E-state index is 0.627. The molecule has 35 heavy (non-hydrogen) atoms. The fraction of sp³-hybridized carbons (Fsp3) is 0.571. The van der Waals surface area contributed by atoms with E-state index >= 15 is 0 Å². The molecule has 0 unspecified atom stereocenters. The molecular weight excluding hydrogens is 438 g/mol. The summed E-state index contributed by atoms with van der Waals surface area (Å²) in [6, 6.07) is 6.78. The number of anilines is 1. The topological polar surface area (TPSA) is 55.7 Å². The van der Waals surface area contributed by atoms with Gasteiger partial charge in [-0.05, 0) is 78.6 Å². The van der Waals surface area contributed by atoms with E-state index in [1.165, 1.54) is 61.7 Å². The maximum Gasteiger partial charge on any atom is 0.161 e. The molecule has 0 atom stereocenters. The van der Waals surface area contributed by atoms with Crippen LogP contribution in [0.1, 0.15) is 56.1 Å². The molecular formula is C28H39N5O2. The Kier molecular flexibility index (Phi) is 6.87. The summed E-state index contributed by atoms with van der Waals surface area (Å²) in [5, 5.41) is 11.8. The Morgan fingerprint density at radius 3 is 2.31 bits per heavy atom. The molecule has 7 nitrogen and oxygen atoms in total. The highest BCUT2D eigenvalue weighted by atomic mass is 16.5. The van der Waals surface area contributed by atoms with Crippen molar-refractivity contribution in [2.75, 3.05) is 44.8 Å². The van der Waals surface area contributed by atoms with Crippen molar-refractivity contribution in [3.63, 3.8) is 0 Å². The summed E-state index contributed by atoms with van der Waals surface area (Å²) in [6.45, 7) is 13.6. The fourth-order valence-electron chi connectivity index (χ4n) is 6.18. The molecule has 0 spiro atoms. The summed E-state index contributed by atoms with van der Waals surface area (Å²) in [6.07, 6.45) is 6.49. The first-order chi connectivity index (χ1) is 17.0. The zero-order chi connectivity index (χ0) is 24.5. The van der Waals surface area contributed by atoms with Gasteiger partial charge >= 0.3 is 0 Å². The number of likely N-dealkylation sites (tertiary alicyclic amines) is 1. The summed E-state index contributed by atoms with van der Waals surface area (Å²) >= 11 is 0. The number of hydrogen-bond acceptors (Lipinski definition) is 6. The third-order valence-corrected chi connectivity index (χ3v) is 7.90. The van der Waals surface area contributed by atoms with Crippen LogP contribution in [0.15, 0.2) is 18.2 Å². The van der Waals surface area contributed by atoms with E-state index in [-0.39, 0.29) is 0 Å². The van der Waals surface area contributed by atoms with Crippen LogP contribution in [-0.2, 0) is 0 Å². The van der Waals surface area contributed by atoms with Crippen LogP contribution in [0.4, 0.5) is 5.82 Å². The van der Waals surface area contributed by atoms with Gasteiger partial charge in [0, 0.05) is 47.4 Å². The number of piperidine rings is 2.